The Bertz CT molecular complexity index is 1940. The lowest BCUT2D eigenvalue weighted by Gasteiger charge is -2.19. The standard InChI is InChI=1S/C33H32N2O4S2/c1-3-23(20-32-34(4-2)33-27-14-8-7-11-24(27)15-16-30(33)40-32)19-31-35(17-9-10-18-41(36,37)38)28-21-25-12-5-6-13-26(25)22-29(28)39-31/h5-8,11-16,19-22H,3-4,9-10,17-18H2,1-2H3/p+1. The number of anilines is 1. The summed E-state index contributed by atoms with van der Waals surface area (Å²) < 4.78 is 41.9. The van der Waals surface area contributed by atoms with E-state index in [0.29, 0.717) is 19.4 Å². The minimum absolute atomic E-state index is 0.247. The maximum atomic E-state index is 11.3. The van der Waals surface area contributed by atoms with Crippen LogP contribution >= 0.6 is 11.3 Å². The molecule has 1 aliphatic heterocycles. The summed E-state index contributed by atoms with van der Waals surface area (Å²) in [6, 6.07) is 25.3. The van der Waals surface area contributed by atoms with E-state index in [1.165, 1.54) is 26.0 Å². The summed E-state index contributed by atoms with van der Waals surface area (Å²) in [6.45, 7) is 5.77. The zero-order valence-corrected chi connectivity index (χ0v) is 24.8. The predicted molar refractivity (Wildman–Crippen MR) is 169 cm³/mol. The minimum Gasteiger partial charge on any atom is -0.439 e. The highest BCUT2D eigenvalue weighted by Gasteiger charge is 2.27. The lowest BCUT2D eigenvalue weighted by molar-refractivity contribution is -0.664. The Morgan fingerprint density at radius 1 is 0.976 bits per heavy atom. The van der Waals surface area contributed by atoms with Crippen LogP contribution in [0.5, 0.6) is 5.75 Å². The fourth-order valence-corrected chi connectivity index (χ4v) is 7.33. The smallest absolute Gasteiger partial charge is 0.264 e. The third-order valence-corrected chi connectivity index (χ3v) is 9.49. The Labute approximate surface area is 244 Å². The van der Waals surface area contributed by atoms with Crippen LogP contribution in [0.15, 0.2) is 90.3 Å². The van der Waals surface area contributed by atoms with E-state index in [0.717, 1.165) is 46.6 Å². The van der Waals surface area contributed by atoms with Crippen molar-refractivity contribution in [2.45, 2.75) is 39.7 Å². The van der Waals surface area contributed by atoms with E-state index in [-0.39, 0.29) is 5.75 Å². The molecule has 6 nitrogen and oxygen atoms in total. The Kier molecular flexibility index (Phi) is 7.55. The molecule has 210 valence electrons. The molecule has 0 fully saturated rings. The molecule has 2 heterocycles. The first-order valence-corrected chi connectivity index (χ1v) is 16.5. The normalized spacial score (nSPS) is 14.9. The molecule has 41 heavy (non-hydrogen) atoms. The second-order valence-corrected chi connectivity index (χ2v) is 12.9. The second kappa shape index (κ2) is 11.3. The number of nitrogens with zero attached hydrogens (tertiary/aromatic N) is 2. The molecule has 0 spiro atoms. The van der Waals surface area contributed by atoms with Gasteiger partial charge in [-0.05, 0) is 72.2 Å². The summed E-state index contributed by atoms with van der Waals surface area (Å²) in [4.78, 5) is 2.13. The first-order valence-electron chi connectivity index (χ1n) is 14.0. The van der Waals surface area contributed by atoms with E-state index in [9.17, 15) is 13.0 Å². The van der Waals surface area contributed by atoms with E-state index in [1.54, 1.807) is 11.3 Å². The van der Waals surface area contributed by atoms with E-state index in [4.69, 9.17) is 4.74 Å². The van der Waals surface area contributed by atoms with Gasteiger partial charge in [-0.25, -0.2) is 0 Å². The summed E-state index contributed by atoms with van der Waals surface area (Å²) >= 11 is 1.80. The quantitative estimate of drug-likeness (QED) is 0.109. The molecule has 1 aromatic heterocycles. The van der Waals surface area contributed by atoms with Gasteiger partial charge in [-0.1, -0.05) is 66.8 Å². The molecule has 1 aliphatic rings. The minimum atomic E-state index is -3.99. The molecule has 0 saturated heterocycles. The van der Waals surface area contributed by atoms with E-state index in [2.05, 4.69) is 96.1 Å². The van der Waals surface area contributed by atoms with Gasteiger partial charge in [0.1, 0.15) is 11.2 Å². The first kappa shape index (κ1) is 27.4. The van der Waals surface area contributed by atoms with Crippen molar-refractivity contribution in [1.29, 1.82) is 0 Å². The van der Waals surface area contributed by atoms with Crippen LogP contribution in [0, 0.1) is 0 Å². The number of unbranched alkanes of at least 4 members (excludes halogenated alkanes) is 1. The summed E-state index contributed by atoms with van der Waals surface area (Å²) in [5, 5.41) is 5.91. The average molecular weight is 586 g/mol. The van der Waals surface area contributed by atoms with Crippen molar-refractivity contribution in [2.24, 2.45) is 0 Å². The molecule has 0 amide bonds. The van der Waals surface area contributed by atoms with Gasteiger partial charge in [0, 0.05) is 18.7 Å². The zero-order valence-electron chi connectivity index (χ0n) is 23.2. The third kappa shape index (κ3) is 5.60. The second-order valence-electron chi connectivity index (χ2n) is 10.3. The van der Waals surface area contributed by atoms with E-state index < -0.39 is 10.1 Å². The van der Waals surface area contributed by atoms with Gasteiger partial charge in [0.15, 0.2) is 5.75 Å². The molecule has 0 atom stereocenters. The SMILES string of the molecule is CCC(/C=C1\Oc2cc3ccccc3cc2N1CCCCS(=O)(=O)O)=C\c1sc2ccc3ccccc3c2[n+]1CC. The van der Waals surface area contributed by atoms with Crippen molar-refractivity contribution in [1.82, 2.24) is 0 Å². The highest BCUT2D eigenvalue weighted by Crippen LogP contribution is 2.42. The number of fused-ring (bicyclic) bond motifs is 5. The zero-order chi connectivity index (χ0) is 28.6. The molecular formula is C33H33N2O4S2+. The van der Waals surface area contributed by atoms with Crippen molar-refractivity contribution in [3.05, 3.63) is 95.3 Å². The summed E-state index contributed by atoms with van der Waals surface area (Å²) in [7, 11) is -3.99. The molecule has 0 bridgehead atoms. The highest BCUT2D eigenvalue weighted by atomic mass is 32.2. The van der Waals surface area contributed by atoms with Crippen LogP contribution < -0.4 is 14.2 Å². The average Bonchev–Trinajstić information content (AvgIpc) is 3.49. The molecule has 8 heteroatoms. The van der Waals surface area contributed by atoms with Gasteiger partial charge in [0.05, 0.1) is 16.8 Å². The molecule has 5 aromatic rings. The van der Waals surface area contributed by atoms with Crippen molar-refractivity contribution in [3.63, 3.8) is 0 Å². The van der Waals surface area contributed by atoms with Crippen LogP contribution in [-0.2, 0) is 16.7 Å². The highest BCUT2D eigenvalue weighted by molar-refractivity contribution is 7.85. The van der Waals surface area contributed by atoms with Gasteiger partial charge >= 0.3 is 0 Å². The number of benzene rings is 4. The number of hydrogen-bond donors (Lipinski definition) is 1. The third-order valence-electron chi connectivity index (χ3n) is 7.59. The topological polar surface area (TPSA) is 70.7 Å². The molecule has 4 aromatic carbocycles. The number of ether oxygens (including phenoxy) is 1. The van der Waals surface area contributed by atoms with Crippen LogP contribution in [0.4, 0.5) is 5.69 Å². The fraction of sp³-hybridized carbons (Fsp3) is 0.242. The Morgan fingerprint density at radius 2 is 1.71 bits per heavy atom. The van der Waals surface area contributed by atoms with Crippen molar-refractivity contribution in [3.8, 4) is 5.75 Å². The Balaban J connectivity index is 1.39. The lowest BCUT2D eigenvalue weighted by Crippen LogP contribution is -2.33. The van der Waals surface area contributed by atoms with Crippen LogP contribution in [0.25, 0.3) is 37.8 Å². The maximum Gasteiger partial charge on any atom is 0.264 e. The first-order chi connectivity index (χ1) is 19.8. The monoisotopic (exact) mass is 585 g/mol. The molecule has 0 radical (unpaired) electrons. The Hall–Kier alpha value is -3.72. The summed E-state index contributed by atoms with van der Waals surface area (Å²) in [5.74, 6) is 1.27. The van der Waals surface area contributed by atoms with Crippen LogP contribution in [0.3, 0.4) is 0 Å². The summed E-state index contributed by atoms with van der Waals surface area (Å²) in [6.07, 6.45) is 6.15. The molecular weight excluding hydrogens is 553 g/mol. The van der Waals surface area contributed by atoms with Crippen molar-refractivity contribution < 1.29 is 22.3 Å². The van der Waals surface area contributed by atoms with Gasteiger partial charge in [-0.15, -0.1) is 0 Å². The predicted octanol–water partition coefficient (Wildman–Crippen LogP) is 7.72. The van der Waals surface area contributed by atoms with E-state index in [1.807, 2.05) is 12.1 Å². The molecule has 1 N–H and O–H groups in total. The molecule has 0 unspecified atom stereocenters. The Morgan fingerprint density at radius 3 is 2.44 bits per heavy atom. The van der Waals surface area contributed by atoms with Crippen molar-refractivity contribution >= 4 is 65.0 Å². The van der Waals surface area contributed by atoms with Gasteiger partial charge in [0.25, 0.3) is 15.1 Å². The summed E-state index contributed by atoms with van der Waals surface area (Å²) in [5.41, 5.74) is 3.37. The number of hydrogen-bond acceptors (Lipinski definition) is 5. The van der Waals surface area contributed by atoms with Crippen LogP contribution in [0.1, 0.15) is 38.1 Å². The fourth-order valence-electron chi connectivity index (χ4n) is 5.54. The molecule has 0 saturated carbocycles. The van der Waals surface area contributed by atoms with Crippen molar-refractivity contribution in [2.75, 3.05) is 17.2 Å². The maximum absolute atomic E-state index is 11.3. The van der Waals surface area contributed by atoms with Gasteiger partial charge in [-0.2, -0.15) is 13.0 Å². The number of allylic oxidation sites excluding steroid dienone is 2. The number of rotatable bonds is 9. The number of aryl methyl sites for hydroxylation is 1. The molecule has 6 rings (SSSR count). The largest absolute Gasteiger partial charge is 0.439 e. The van der Waals surface area contributed by atoms with Gasteiger partial charge in [-0.3, -0.25) is 4.55 Å². The van der Waals surface area contributed by atoms with Gasteiger partial charge < -0.3 is 9.64 Å². The number of aromatic nitrogens is 1. The number of thiazole rings is 1. The van der Waals surface area contributed by atoms with E-state index >= 15 is 0 Å². The molecule has 0 aliphatic carbocycles. The lowest BCUT2D eigenvalue weighted by atomic mass is 10.1. The van der Waals surface area contributed by atoms with Crippen LogP contribution in [0.2, 0.25) is 0 Å². The van der Waals surface area contributed by atoms with Gasteiger partial charge in [0.2, 0.25) is 11.4 Å². The van der Waals surface area contributed by atoms with Crippen LogP contribution in [-0.4, -0.2) is 25.3 Å².